The van der Waals surface area contributed by atoms with Crippen LogP contribution in [0.15, 0.2) is 82.5 Å². The molecule has 0 amide bonds. The van der Waals surface area contributed by atoms with Gasteiger partial charge in [-0.3, -0.25) is 0 Å². The van der Waals surface area contributed by atoms with Crippen molar-refractivity contribution < 1.29 is 4.43 Å². The van der Waals surface area contributed by atoms with Gasteiger partial charge in [-0.15, -0.1) is 0 Å². The summed E-state index contributed by atoms with van der Waals surface area (Å²) in [6.07, 6.45) is 4.54. The Morgan fingerprint density at radius 3 is 1.75 bits per heavy atom. The van der Waals surface area contributed by atoms with Gasteiger partial charge < -0.3 is 0 Å². The molecule has 0 radical (unpaired) electrons. The van der Waals surface area contributed by atoms with Crippen molar-refractivity contribution in [1.29, 1.82) is 0 Å². The number of benzene rings is 2. The number of hydrogen-bond acceptors (Lipinski definition) is 1. The molecule has 0 bridgehead atoms. The van der Waals surface area contributed by atoms with E-state index in [4.69, 9.17) is 4.43 Å². The first-order valence-corrected chi connectivity index (χ1v) is 22.3. The maximum atomic E-state index is 6.91. The molecule has 0 aliphatic heterocycles. The molecule has 2 aromatic carbocycles. The van der Waals surface area contributed by atoms with Crippen LogP contribution in [0.3, 0.4) is 0 Å². The molecule has 0 aliphatic rings. The molecular weight excluding hydrogens is 463 g/mol. The first kappa shape index (κ1) is 23.2. The van der Waals surface area contributed by atoms with Crippen LogP contribution in [0, 0.1) is 0 Å². The molecule has 0 atom stereocenters. The van der Waals surface area contributed by atoms with E-state index in [-0.39, 0.29) is 5.04 Å². The summed E-state index contributed by atoms with van der Waals surface area (Å²) in [7, 11) is -2.43. The molecule has 0 saturated heterocycles. The third kappa shape index (κ3) is 5.95. The van der Waals surface area contributed by atoms with E-state index in [1.54, 1.807) is 0 Å². The van der Waals surface area contributed by atoms with Gasteiger partial charge in [0.2, 0.25) is 0 Å². The molecule has 0 heterocycles. The van der Waals surface area contributed by atoms with Gasteiger partial charge in [-0.2, -0.15) is 0 Å². The second-order valence-electron chi connectivity index (χ2n) is 9.62. The fourth-order valence-corrected chi connectivity index (χ4v) is 10.2. The fraction of sp³-hybridized carbons (Fsp3) is 0.360. The Balaban J connectivity index is 2.44. The van der Waals surface area contributed by atoms with Gasteiger partial charge >= 0.3 is 178 Å². The van der Waals surface area contributed by atoms with Crippen molar-refractivity contribution in [3.8, 4) is 0 Å². The van der Waals surface area contributed by atoms with Crippen molar-refractivity contribution in [2.45, 2.75) is 47.6 Å². The maximum absolute atomic E-state index is 6.91. The predicted molar refractivity (Wildman–Crippen MR) is 130 cm³/mol. The SMILES string of the molecule is CC(/C=[CH]\[Sn]([CH3])([CH3])[CH3])=C\CO[Si](c1ccccc1)(c1ccccc1)C(C)(C)C. The Labute approximate surface area is 177 Å². The number of allylic oxidation sites excluding steroid dienone is 2. The summed E-state index contributed by atoms with van der Waals surface area (Å²) in [5, 5.41) is 2.69. The van der Waals surface area contributed by atoms with Crippen LogP contribution in [0.25, 0.3) is 0 Å². The molecule has 28 heavy (non-hydrogen) atoms. The minimum absolute atomic E-state index is 0.0230. The first-order valence-electron chi connectivity index (χ1n) is 10.2. The summed E-state index contributed by atoms with van der Waals surface area (Å²) in [6.45, 7) is 9.79. The van der Waals surface area contributed by atoms with E-state index in [9.17, 15) is 0 Å². The summed E-state index contributed by atoms with van der Waals surface area (Å²) in [5.74, 6) is 0. The molecule has 0 aliphatic carbocycles. The van der Waals surface area contributed by atoms with Gasteiger partial charge in [0.25, 0.3) is 0 Å². The Hall–Kier alpha value is -1.10. The third-order valence-electron chi connectivity index (χ3n) is 4.97. The first-order chi connectivity index (χ1) is 13.1. The van der Waals surface area contributed by atoms with Gasteiger partial charge in [-0.1, -0.05) is 0 Å². The van der Waals surface area contributed by atoms with E-state index >= 15 is 0 Å². The molecule has 0 unspecified atom stereocenters. The Morgan fingerprint density at radius 2 is 1.36 bits per heavy atom. The Kier molecular flexibility index (Phi) is 7.94. The van der Waals surface area contributed by atoms with Gasteiger partial charge in [0.15, 0.2) is 0 Å². The van der Waals surface area contributed by atoms with E-state index in [2.05, 4.69) is 119 Å². The van der Waals surface area contributed by atoms with Crippen LogP contribution in [0.5, 0.6) is 0 Å². The standard InChI is InChI=1S/C22H27OSi.3CH3.Sn/c1-6-19(2)17-18-23-24(22(3,4)5,20-13-9-7-10-14-20)21-15-11-8-12-16-21;;;;/h1,6-17H,18H2,2-5H3;3*1H3;/b6-1?,19-17+;;;;. The molecule has 1 nitrogen and oxygen atoms in total. The van der Waals surface area contributed by atoms with Gasteiger partial charge in [0.1, 0.15) is 0 Å². The van der Waals surface area contributed by atoms with E-state index in [0.29, 0.717) is 6.61 Å². The van der Waals surface area contributed by atoms with E-state index in [0.717, 1.165) is 0 Å². The molecule has 0 aromatic heterocycles. The average Bonchev–Trinajstić information content (AvgIpc) is 2.63. The van der Waals surface area contributed by atoms with Crippen LogP contribution < -0.4 is 10.4 Å². The normalized spacial score (nSPS) is 13.9. The zero-order chi connectivity index (χ0) is 20.8. The van der Waals surface area contributed by atoms with E-state index < -0.39 is 26.7 Å². The van der Waals surface area contributed by atoms with E-state index in [1.807, 2.05) is 0 Å². The van der Waals surface area contributed by atoms with Crippen LogP contribution in [0.1, 0.15) is 27.7 Å². The summed E-state index contributed by atoms with van der Waals surface area (Å²) >= 11 is -1.89. The van der Waals surface area contributed by atoms with Crippen LogP contribution in [0.2, 0.25) is 19.9 Å². The van der Waals surface area contributed by atoms with Crippen molar-refractivity contribution >= 4 is 37.1 Å². The molecule has 0 N–H and O–H groups in total. The fourth-order valence-electron chi connectivity index (χ4n) is 3.51. The van der Waals surface area contributed by atoms with Crippen LogP contribution in [0.4, 0.5) is 0 Å². The molecule has 2 rings (SSSR count). The summed E-state index contributed by atoms with van der Waals surface area (Å²) < 4.78 is 9.38. The summed E-state index contributed by atoms with van der Waals surface area (Å²) in [6, 6.07) is 21.7. The molecule has 0 spiro atoms. The van der Waals surface area contributed by atoms with Gasteiger partial charge in [-0.25, -0.2) is 0 Å². The molecule has 0 saturated carbocycles. The average molecular weight is 499 g/mol. The topological polar surface area (TPSA) is 9.23 Å². The second-order valence-corrected chi connectivity index (χ2v) is 28.4. The molecule has 2 aromatic rings. The Morgan fingerprint density at radius 1 is 0.893 bits per heavy atom. The molecule has 150 valence electrons. The van der Waals surface area contributed by atoms with Crippen LogP contribution in [-0.2, 0) is 4.43 Å². The predicted octanol–water partition coefficient (Wildman–Crippen LogP) is 5.94. The summed E-state index contributed by atoms with van der Waals surface area (Å²) in [4.78, 5) is 7.28. The van der Waals surface area contributed by atoms with Crippen molar-refractivity contribution in [2.24, 2.45) is 0 Å². The molecule has 0 fully saturated rings. The van der Waals surface area contributed by atoms with Crippen molar-refractivity contribution in [2.75, 3.05) is 6.61 Å². The van der Waals surface area contributed by atoms with Crippen LogP contribution in [-0.4, -0.2) is 33.3 Å². The van der Waals surface area contributed by atoms with Crippen LogP contribution >= 0.6 is 0 Å². The zero-order valence-corrected chi connectivity index (χ0v) is 22.5. The van der Waals surface area contributed by atoms with Crippen molar-refractivity contribution in [3.63, 3.8) is 0 Å². The quantitative estimate of drug-likeness (QED) is 0.339. The Bertz CT molecular complexity index is 756. The molecular formula is C25H36OSiSn. The second kappa shape index (κ2) is 9.60. The number of rotatable bonds is 7. The van der Waals surface area contributed by atoms with Crippen molar-refractivity contribution in [3.05, 3.63) is 82.5 Å². The van der Waals surface area contributed by atoms with Gasteiger partial charge in [0, 0.05) is 0 Å². The third-order valence-corrected chi connectivity index (χ3v) is 13.3. The zero-order valence-electron chi connectivity index (χ0n) is 18.6. The van der Waals surface area contributed by atoms with E-state index in [1.165, 1.54) is 15.9 Å². The summed E-state index contributed by atoms with van der Waals surface area (Å²) in [5.41, 5.74) is 1.30. The minimum atomic E-state index is -2.43. The molecule has 3 heteroatoms. The number of hydrogen-bond donors (Lipinski definition) is 0. The van der Waals surface area contributed by atoms with Gasteiger partial charge in [0.05, 0.1) is 0 Å². The monoisotopic (exact) mass is 500 g/mol. The van der Waals surface area contributed by atoms with Crippen molar-refractivity contribution in [1.82, 2.24) is 0 Å². The van der Waals surface area contributed by atoms with Gasteiger partial charge in [-0.05, 0) is 0 Å².